The van der Waals surface area contributed by atoms with Crippen molar-refractivity contribution in [2.45, 2.75) is 33.5 Å². The molecule has 0 heterocycles. The van der Waals surface area contributed by atoms with Crippen LogP contribution in [0, 0.1) is 0 Å². The van der Waals surface area contributed by atoms with E-state index in [2.05, 4.69) is 0 Å². The molecule has 1 rings (SSSR count). The second kappa shape index (κ2) is 7.20. The van der Waals surface area contributed by atoms with Crippen LogP contribution in [-0.4, -0.2) is 25.3 Å². The number of hydrogen-bond acceptors (Lipinski definition) is 3. The van der Waals surface area contributed by atoms with Crippen molar-refractivity contribution in [3.63, 3.8) is 0 Å². The molecule has 0 saturated carbocycles. The van der Waals surface area contributed by atoms with Crippen LogP contribution in [0.15, 0.2) is 24.3 Å². The Balaban J connectivity index is 2.62. The molecule has 3 heteroatoms. The quantitative estimate of drug-likeness (QED) is 0.539. The molecule has 0 aliphatic rings. The number of benzene rings is 1. The molecule has 0 radical (unpaired) electrons. The average molecular weight is 236 g/mol. The maximum Gasteiger partial charge on any atom is 0.161 e. The highest BCUT2D eigenvalue weighted by Gasteiger charge is 2.09. The Hall–Kier alpha value is -1.19. The molecular formula is C14H20O3. The lowest BCUT2D eigenvalue weighted by atomic mass is 10.1. The van der Waals surface area contributed by atoms with E-state index in [1.165, 1.54) is 0 Å². The number of ketones is 1. The van der Waals surface area contributed by atoms with Gasteiger partial charge in [0, 0.05) is 25.2 Å². The lowest BCUT2D eigenvalue weighted by Crippen LogP contribution is -2.20. The van der Waals surface area contributed by atoms with Gasteiger partial charge in [-0.15, -0.1) is 0 Å². The van der Waals surface area contributed by atoms with Crippen molar-refractivity contribution >= 4 is 5.78 Å². The zero-order valence-electron chi connectivity index (χ0n) is 10.7. The van der Waals surface area contributed by atoms with E-state index in [4.69, 9.17) is 9.47 Å². The molecule has 1 aromatic rings. The van der Waals surface area contributed by atoms with Gasteiger partial charge in [0.25, 0.3) is 0 Å². The molecule has 0 spiro atoms. The fourth-order valence-corrected chi connectivity index (χ4v) is 1.61. The first-order chi connectivity index (χ1) is 8.17. The van der Waals surface area contributed by atoms with Gasteiger partial charge in [0.05, 0.1) is 0 Å². The van der Waals surface area contributed by atoms with E-state index < -0.39 is 0 Å². The predicted molar refractivity (Wildman–Crippen MR) is 67.2 cm³/mol. The average Bonchev–Trinajstić information content (AvgIpc) is 2.30. The van der Waals surface area contributed by atoms with Gasteiger partial charge in [-0.2, -0.15) is 0 Å². The number of ether oxygens (including phenoxy) is 2. The lowest BCUT2D eigenvalue weighted by molar-refractivity contribution is -0.134. The van der Waals surface area contributed by atoms with Crippen molar-refractivity contribution in [1.29, 1.82) is 0 Å². The number of rotatable bonds is 7. The molecule has 0 aliphatic heterocycles. The van der Waals surface area contributed by atoms with Crippen LogP contribution >= 0.6 is 0 Å². The third-order valence-electron chi connectivity index (χ3n) is 2.47. The van der Waals surface area contributed by atoms with Crippen molar-refractivity contribution in [3.8, 4) is 0 Å². The molecule has 17 heavy (non-hydrogen) atoms. The third kappa shape index (κ3) is 4.67. The molecule has 1 aromatic carbocycles. The van der Waals surface area contributed by atoms with Crippen molar-refractivity contribution in [2.24, 2.45) is 0 Å². The highest BCUT2D eigenvalue weighted by atomic mass is 16.7. The SMILES string of the molecule is CCOC(Cc1ccc(C(C)=O)cc1)OCC. The maximum atomic E-state index is 11.1. The van der Waals surface area contributed by atoms with Crippen molar-refractivity contribution in [2.75, 3.05) is 13.2 Å². The monoisotopic (exact) mass is 236 g/mol. The van der Waals surface area contributed by atoms with E-state index in [1.54, 1.807) is 6.92 Å². The molecule has 3 nitrogen and oxygen atoms in total. The number of carbonyl (C=O) groups excluding carboxylic acids is 1. The van der Waals surface area contributed by atoms with Crippen LogP contribution in [0.1, 0.15) is 36.7 Å². The van der Waals surface area contributed by atoms with E-state index in [0.29, 0.717) is 19.6 Å². The van der Waals surface area contributed by atoms with Crippen LogP contribution in [0.3, 0.4) is 0 Å². The van der Waals surface area contributed by atoms with Gasteiger partial charge >= 0.3 is 0 Å². The summed E-state index contributed by atoms with van der Waals surface area (Å²) in [6.45, 7) is 6.74. The summed E-state index contributed by atoms with van der Waals surface area (Å²) in [7, 11) is 0. The van der Waals surface area contributed by atoms with Crippen LogP contribution in [-0.2, 0) is 15.9 Å². The van der Waals surface area contributed by atoms with E-state index >= 15 is 0 Å². The predicted octanol–water partition coefficient (Wildman–Crippen LogP) is 2.83. The summed E-state index contributed by atoms with van der Waals surface area (Å²) in [5, 5.41) is 0. The summed E-state index contributed by atoms with van der Waals surface area (Å²) in [5.41, 5.74) is 1.85. The van der Waals surface area contributed by atoms with Crippen molar-refractivity contribution in [1.82, 2.24) is 0 Å². The minimum atomic E-state index is -0.201. The Morgan fingerprint density at radius 2 is 1.65 bits per heavy atom. The number of hydrogen-bond donors (Lipinski definition) is 0. The summed E-state index contributed by atoms with van der Waals surface area (Å²) < 4.78 is 10.9. The molecular weight excluding hydrogens is 216 g/mol. The summed E-state index contributed by atoms with van der Waals surface area (Å²) in [6, 6.07) is 7.57. The molecule has 0 saturated heterocycles. The minimum absolute atomic E-state index is 0.0858. The second-order valence-electron chi connectivity index (χ2n) is 3.80. The van der Waals surface area contributed by atoms with Gasteiger partial charge in [0.2, 0.25) is 0 Å². The van der Waals surface area contributed by atoms with E-state index in [1.807, 2.05) is 38.1 Å². The lowest BCUT2D eigenvalue weighted by Gasteiger charge is -2.16. The van der Waals surface area contributed by atoms with Crippen LogP contribution in [0.25, 0.3) is 0 Å². The molecule has 0 atom stereocenters. The molecule has 0 N–H and O–H groups in total. The summed E-state index contributed by atoms with van der Waals surface area (Å²) in [4.78, 5) is 11.1. The Morgan fingerprint density at radius 3 is 2.06 bits per heavy atom. The maximum absolute atomic E-state index is 11.1. The first kappa shape index (κ1) is 13.9. The summed E-state index contributed by atoms with van der Waals surface area (Å²) in [6.07, 6.45) is 0.507. The van der Waals surface area contributed by atoms with E-state index in [9.17, 15) is 4.79 Å². The number of carbonyl (C=O) groups is 1. The second-order valence-corrected chi connectivity index (χ2v) is 3.80. The van der Waals surface area contributed by atoms with Crippen molar-refractivity contribution in [3.05, 3.63) is 35.4 Å². The highest BCUT2D eigenvalue weighted by molar-refractivity contribution is 5.93. The van der Waals surface area contributed by atoms with Gasteiger partial charge in [0.15, 0.2) is 12.1 Å². The van der Waals surface area contributed by atoms with Gasteiger partial charge in [-0.05, 0) is 26.3 Å². The van der Waals surface area contributed by atoms with Gasteiger partial charge in [-0.3, -0.25) is 4.79 Å². The van der Waals surface area contributed by atoms with E-state index in [0.717, 1.165) is 11.1 Å². The standard InChI is InChI=1S/C14H20O3/c1-4-16-14(17-5-2)10-12-6-8-13(9-7-12)11(3)15/h6-9,14H,4-5,10H2,1-3H3. The molecule has 0 fully saturated rings. The zero-order valence-corrected chi connectivity index (χ0v) is 10.7. The largest absolute Gasteiger partial charge is 0.353 e. The van der Waals surface area contributed by atoms with Crippen LogP contribution < -0.4 is 0 Å². The Morgan fingerprint density at radius 1 is 1.12 bits per heavy atom. The van der Waals surface area contributed by atoms with Gasteiger partial charge in [0.1, 0.15) is 0 Å². The minimum Gasteiger partial charge on any atom is -0.353 e. The summed E-state index contributed by atoms with van der Waals surface area (Å²) >= 11 is 0. The molecule has 0 aliphatic carbocycles. The van der Waals surface area contributed by atoms with Crippen LogP contribution in [0.2, 0.25) is 0 Å². The topological polar surface area (TPSA) is 35.5 Å². The van der Waals surface area contributed by atoms with Gasteiger partial charge in [-0.1, -0.05) is 24.3 Å². The normalized spacial score (nSPS) is 10.8. The first-order valence-electron chi connectivity index (χ1n) is 6.00. The molecule has 94 valence electrons. The van der Waals surface area contributed by atoms with E-state index in [-0.39, 0.29) is 12.1 Å². The fourth-order valence-electron chi connectivity index (χ4n) is 1.61. The zero-order chi connectivity index (χ0) is 12.7. The fraction of sp³-hybridized carbons (Fsp3) is 0.500. The van der Waals surface area contributed by atoms with Crippen LogP contribution in [0.4, 0.5) is 0 Å². The van der Waals surface area contributed by atoms with Gasteiger partial charge in [-0.25, -0.2) is 0 Å². The number of Topliss-reactive ketones (excluding diaryl/α,β-unsaturated/α-hetero) is 1. The first-order valence-corrected chi connectivity index (χ1v) is 6.00. The molecule has 0 aromatic heterocycles. The molecule has 0 unspecified atom stereocenters. The Kier molecular flexibility index (Phi) is 5.87. The van der Waals surface area contributed by atoms with Crippen molar-refractivity contribution < 1.29 is 14.3 Å². The Bertz CT molecular complexity index is 337. The third-order valence-corrected chi connectivity index (χ3v) is 2.47. The Labute approximate surface area is 103 Å². The molecule has 0 amide bonds. The van der Waals surface area contributed by atoms with Gasteiger partial charge < -0.3 is 9.47 Å². The highest BCUT2D eigenvalue weighted by Crippen LogP contribution is 2.10. The molecule has 0 bridgehead atoms. The summed E-state index contributed by atoms with van der Waals surface area (Å²) in [5.74, 6) is 0.0858. The smallest absolute Gasteiger partial charge is 0.161 e. The van der Waals surface area contributed by atoms with Crippen LogP contribution in [0.5, 0.6) is 0 Å².